The fourth-order valence-corrected chi connectivity index (χ4v) is 1.67. The van der Waals surface area contributed by atoms with Gasteiger partial charge in [-0.1, -0.05) is 6.92 Å². The van der Waals surface area contributed by atoms with E-state index in [1.807, 2.05) is 0 Å². The molecule has 0 saturated carbocycles. The lowest BCUT2D eigenvalue weighted by Crippen LogP contribution is -2.34. The van der Waals surface area contributed by atoms with Crippen LogP contribution in [0.15, 0.2) is 18.2 Å². The number of imide groups is 1. The summed E-state index contributed by atoms with van der Waals surface area (Å²) in [5, 5.41) is 4.78. The largest absolute Gasteiger partial charge is 0.325 e. The van der Waals surface area contributed by atoms with Crippen molar-refractivity contribution < 1.29 is 14.4 Å². The van der Waals surface area contributed by atoms with Gasteiger partial charge in [-0.25, -0.2) is 0 Å². The van der Waals surface area contributed by atoms with Gasteiger partial charge in [-0.15, -0.1) is 0 Å². The van der Waals surface area contributed by atoms with Crippen LogP contribution in [0.25, 0.3) is 0 Å². The Morgan fingerprint density at radius 1 is 1.33 bits per heavy atom. The molecule has 1 aliphatic heterocycles. The van der Waals surface area contributed by atoms with E-state index in [0.29, 0.717) is 17.7 Å². The molecule has 0 radical (unpaired) electrons. The molecule has 0 spiro atoms. The predicted molar refractivity (Wildman–Crippen MR) is 65.1 cm³/mol. The fourth-order valence-electron chi connectivity index (χ4n) is 1.67. The van der Waals surface area contributed by atoms with Crippen molar-refractivity contribution in [3.8, 4) is 0 Å². The maximum atomic E-state index is 11.6. The highest BCUT2D eigenvalue weighted by Crippen LogP contribution is 2.20. The van der Waals surface area contributed by atoms with E-state index in [0.717, 1.165) is 0 Å². The van der Waals surface area contributed by atoms with E-state index in [4.69, 9.17) is 5.73 Å². The predicted octanol–water partition coefficient (Wildman–Crippen LogP) is 0.246. The number of hydrogen-bond donors (Lipinski definition) is 3. The van der Waals surface area contributed by atoms with Crippen molar-refractivity contribution in [1.29, 1.82) is 0 Å². The van der Waals surface area contributed by atoms with Gasteiger partial charge in [0, 0.05) is 5.69 Å². The Hall–Kier alpha value is -2.21. The Labute approximate surface area is 104 Å². The molecule has 1 atom stereocenters. The molecule has 6 heteroatoms. The Morgan fingerprint density at radius 2 is 2.00 bits per heavy atom. The highest BCUT2D eigenvalue weighted by Gasteiger charge is 2.26. The molecule has 0 bridgehead atoms. The number of anilines is 1. The van der Waals surface area contributed by atoms with Gasteiger partial charge in [0.2, 0.25) is 5.91 Å². The monoisotopic (exact) mass is 247 g/mol. The molecule has 6 nitrogen and oxygen atoms in total. The quantitative estimate of drug-likeness (QED) is 0.666. The molecule has 1 unspecified atom stereocenters. The van der Waals surface area contributed by atoms with E-state index < -0.39 is 17.9 Å². The van der Waals surface area contributed by atoms with Crippen molar-refractivity contribution in [2.45, 2.75) is 19.4 Å². The van der Waals surface area contributed by atoms with Crippen molar-refractivity contribution in [3.63, 3.8) is 0 Å². The van der Waals surface area contributed by atoms with Crippen molar-refractivity contribution in [1.82, 2.24) is 5.32 Å². The zero-order valence-electron chi connectivity index (χ0n) is 9.82. The minimum Gasteiger partial charge on any atom is -0.325 e. The van der Waals surface area contributed by atoms with E-state index in [1.54, 1.807) is 13.0 Å². The molecule has 0 aromatic heterocycles. The molecule has 1 aromatic carbocycles. The van der Waals surface area contributed by atoms with Crippen LogP contribution in [0.3, 0.4) is 0 Å². The van der Waals surface area contributed by atoms with Gasteiger partial charge >= 0.3 is 0 Å². The number of hydrogen-bond acceptors (Lipinski definition) is 4. The number of nitrogens with one attached hydrogen (secondary N) is 2. The first kappa shape index (κ1) is 12.3. The van der Waals surface area contributed by atoms with Gasteiger partial charge in [-0.2, -0.15) is 0 Å². The lowest BCUT2D eigenvalue weighted by Gasteiger charge is -2.10. The van der Waals surface area contributed by atoms with Crippen molar-refractivity contribution in [2.75, 3.05) is 5.32 Å². The minimum atomic E-state index is -0.589. The summed E-state index contributed by atoms with van der Waals surface area (Å²) in [5.41, 5.74) is 6.62. The van der Waals surface area contributed by atoms with Gasteiger partial charge in [0.05, 0.1) is 17.2 Å². The average Bonchev–Trinajstić information content (AvgIpc) is 2.63. The molecule has 4 N–H and O–H groups in total. The summed E-state index contributed by atoms with van der Waals surface area (Å²) in [6.45, 7) is 1.80. The molecule has 0 saturated heterocycles. The van der Waals surface area contributed by atoms with Crippen molar-refractivity contribution >= 4 is 23.4 Å². The fraction of sp³-hybridized carbons (Fsp3) is 0.250. The Bertz CT molecular complexity index is 539. The smallest absolute Gasteiger partial charge is 0.259 e. The van der Waals surface area contributed by atoms with Crippen molar-refractivity contribution in [2.24, 2.45) is 5.73 Å². The first-order chi connectivity index (χ1) is 8.52. The number of amides is 3. The van der Waals surface area contributed by atoms with Gasteiger partial charge in [-0.3, -0.25) is 19.7 Å². The standard InChI is InChI=1S/C12H13N3O3/c1-2-9(13)12(18)14-6-3-4-7-8(5-6)11(17)15-10(7)16/h3-5,9H,2,13H2,1H3,(H,14,18)(H,15,16,17). The molecule has 0 aliphatic carbocycles. The topological polar surface area (TPSA) is 101 Å². The second kappa shape index (κ2) is 4.58. The first-order valence-corrected chi connectivity index (χ1v) is 5.59. The number of carbonyl (C=O) groups is 3. The molecule has 0 fully saturated rings. The third-order valence-corrected chi connectivity index (χ3v) is 2.78. The third kappa shape index (κ3) is 2.10. The molecular formula is C12H13N3O3. The van der Waals surface area contributed by atoms with Crippen LogP contribution < -0.4 is 16.4 Å². The summed E-state index contributed by atoms with van der Waals surface area (Å²) in [4.78, 5) is 34.3. The van der Waals surface area contributed by atoms with Gasteiger partial charge in [0.25, 0.3) is 11.8 Å². The molecule has 1 heterocycles. The molecule has 3 amide bonds. The molecule has 1 aromatic rings. The van der Waals surface area contributed by atoms with Crippen LogP contribution in [-0.4, -0.2) is 23.8 Å². The van der Waals surface area contributed by atoms with Crippen LogP contribution in [0.4, 0.5) is 5.69 Å². The average molecular weight is 247 g/mol. The van der Waals surface area contributed by atoms with E-state index in [2.05, 4.69) is 10.6 Å². The van der Waals surface area contributed by atoms with Gasteiger partial charge in [-0.05, 0) is 24.6 Å². The number of nitrogens with two attached hydrogens (primary N) is 1. The van der Waals surface area contributed by atoms with E-state index in [-0.39, 0.29) is 11.5 Å². The normalized spacial score (nSPS) is 15.0. The lowest BCUT2D eigenvalue weighted by molar-refractivity contribution is -0.117. The van der Waals surface area contributed by atoms with E-state index >= 15 is 0 Å². The van der Waals surface area contributed by atoms with Crippen LogP contribution in [0.2, 0.25) is 0 Å². The van der Waals surface area contributed by atoms with E-state index in [9.17, 15) is 14.4 Å². The number of benzene rings is 1. The van der Waals surface area contributed by atoms with E-state index in [1.165, 1.54) is 12.1 Å². The molecular weight excluding hydrogens is 234 g/mol. The maximum absolute atomic E-state index is 11.6. The Balaban J connectivity index is 2.23. The second-order valence-corrected chi connectivity index (χ2v) is 4.05. The number of rotatable bonds is 3. The number of fused-ring (bicyclic) bond motifs is 1. The summed E-state index contributed by atoms with van der Waals surface area (Å²) < 4.78 is 0. The van der Waals surface area contributed by atoms with Crippen LogP contribution in [0.5, 0.6) is 0 Å². The molecule has 94 valence electrons. The van der Waals surface area contributed by atoms with Crippen LogP contribution in [0, 0.1) is 0 Å². The molecule has 18 heavy (non-hydrogen) atoms. The van der Waals surface area contributed by atoms with Gasteiger partial charge < -0.3 is 11.1 Å². The summed E-state index contributed by atoms with van der Waals surface area (Å²) in [6, 6.07) is 3.95. The summed E-state index contributed by atoms with van der Waals surface area (Å²) in [5.74, 6) is -1.19. The maximum Gasteiger partial charge on any atom is 0.259 e. The van der Waals surface area contributed by atoms with Crippen LogP contribution in [0.1, 0.15) is 34.1 Å². The Morgan fingerprint density at radius 3 is 2.67 bits per heavy atom. The zero-order valence-corrected chi connectivity index (χ0v) is 9.82. The van der Waals surface area contributed by atoms with Crippen molar-refractivity contribution in [3.05, 3.63) is 29.3 Å². The van der Waals surface area contributed by atoms with Gasteiger partial charge in [0.1, 0.15) is 0 Å². The number of carbonyl (C=O) groups excluding carboxylic acids is 3. The Kier molecular flexibility index (Phi) is 3.12. The summed E-state index contributed by atoms with van der Waals surface area (Å²) in [7, 11) is 0. The zero-order chi connectivity index (χ0) is 13.3. The summed E-state index contributed by atoms with van der Waals surface area (Å²) >= 11 is 0. The summed E-state index contributed by atoms with van der Waals surface area (Å²) in [6.07, 6.45) is 0.524. The van der Waals surface area contributed by atoms with Gasteiger partial charge in [0.15, 0.2) is 0 Å². The van der Waals surface area contributed by atoms with Crippen LogP contribution >= 0.6 is 0 Å². The SMILES string of the molecule is CCC(N)C(=O)Nc1ccc2c(c1)C(=O)NC2=O. The molecule has 1 aliphatic rings. The molecule has 2 rings (SSSR count). The van der Waals surface area contributed by atoms with Crippen LogP contribution in [-0.2, 0) is 4.79 Å². The second-order valence-electron chi connectivity index (χ2n) is 4.05. The first-order valence-electron chi connectivity index (χ1n) is 5.59. The third-order valence-electron chi connectivity index (χ3n) is 2.78. The highest BCUT2D eigenvalue weighted by molar-refractivity contribution is 6.22. The lowest BCUT2D eigenvalue weighted by atomic mass is 10.1. The highest BCUT2D eigenvalue weighted by atomic mass is 16.2. The minimum absolute atomic E-state index is 0.267.